The molecule has 4 heteroatoms. The van der Waals surface area contributed by atoms with E-state index in [9.17, 15) is 9.90 Å². The van der Waals surface area contributed by atoms with Crippen LogP contribution in [0.1, 0.15) is 26.7 Å². The Labute approximate surface area is 82.9 Å². The average Bonchev–Trinajstić information content (AvgIpc) is 2.52. The van der Waals surface area contributed by atoms with Crippen LogP contribution in [0.5, 0.6) is 0 Å². The van der Waals surface area contributed by atoms with Crippen LogP contribution >= 0.6 is 0 Å². The van der Waals surface area contributed by atoms with E-state index in [1.807, 2.05) is 0 Å². The maximum Gasteiger partial charge on any atom is 0.226 e. The summed E-state index contributed by atoms with van der Waals surface area (Å²) in [6.45, 7) is 3.35. The summed E-state index contributed by atoms with van der Waals surface area (Å²) < 4.78 is 4.94. The maximum absolute atomic E-state index is 11.3. The highest BCUT2D eigenvalue weighted by Crippen LogP contribution is 2.12. The van der Waals surface area contributed by atoms with Crippen LogP contribution in [0, 0.1) is 0 Å². The van der Waals surface area contributed by atoms with Crippen LogP contribution in [0.4, 0.5) is 5.88 Å². The Balaban J connectivity index is 2.30. The van der Waals surface area contributed by atoms with Gasteiger partial charge >= 0.3 is 0 Å². The van der Waals surface area contributed by atoms with Crippen molar-refractivity contribution in [3.05, 3.63) is 18.4 Å². The second-order valence-electron chi connectivity index (χ2n) is 3.84. The Morgan fingerprint density at radius 2 is 2.36 bits per heavy atom. The Bertz CT molecular complexity index is 285. The van der Waals surface area contributed by atoms with Crippen molar-refractivity contribution in [1.82, 2.24) is 0 Å². The van der Waals surface area contributed by atoms with Gasteiger partial charge in [-0.05, 0) is 26.3 Å². The predicted octanol–water partition coefficient (Wildman–Crippen LogP) is 1.77. The van der Waals surface area contributed by atoms with Crippen LogP contribution in [0.2, 0.25) is 0 Å². The number of aliphatic hydroxyl groups is 1. The second-order valence-corrected chi connectivity index (χ2v) is 3.84. The van der Waals surface area contributed by atoms with Crippen LogP contribution < -0.4 is 5.32 Å². The molecule has 1 heterocycles. The largest absolute Gasteiger partial charge is 0.449 e. The third-order valence-corrected chi connectivity index (χ3v) is 1.75. The number of nitrogens with one attached hydrogen (secondary N) is 1. The van der Waals surface area contributed by atoms with Crippen LogP contribution in [-0.2, 0) is 4.79 Å². The quantitative estimate of drug-likeness (QED) is 0.773. The van der Waals surface area contributed by atoms with Gasteiger partial charge in [0.25, 0.3) is 0 Å². The van der Waals surface area contributed by atoms with E-state index in [0.717, 1.165) is 0 Å². The van der Waals surface area contributed by atoms with E-state index >= 15 is 0 Å². The van der Waals surface area contributed by atoms with E-state index in [2.05, 4.69) is 5.32 Å². The number of hydrogen-bond donors (Lipinski definition) is 2. The molecule has 0 aliphatic heterocycles. The topological polar surface area (TPSA) is 62.5 Å². The third-order valence-electron chi connectivity index (χ3n) is 1.75. The minimum absolute atomic E-state index is 0.151. The first kappa shape index (κ1) is 10.8. The molecule has 1 aromatic rings. The molecule has 4 nitrogen and oxygen atoms in total. The Morgan fingerprint density at radius 1 is 1.64 bits per heavy atom. The van der Waals surface area contributed by atoms with Gasteiger partial charge in [-0.15, -0.1) is 0 Å². The number of amides is 1. The smallest absolute Gasteiger partial charge is 0.226 e. The van der Waals surface area contributed by atoms with E-state index in [4.69, 9.17) is 4.42 Å². The lowest BCUT2D eigenvalue weighted by Crippen LogP contribution is -2.22. The first-order chi connectivity index (χ1) is 6.47. The van der Waals surface area contributed by atoms with Crippen molar-refractivity contribution in [3.63, 3.8) is 0 Å². The minimum atomic E-state index is -0.805. The van der Waals surface area contributed by atoms with E-state index < -0.39 is 5.60 Å². The van der Waals surface area contributed by atoms with E-state index in [1.54, 1.807) is 26.0 Å². The Hall–Kier alpha value is -1.29. The molecule has 0 saturated heterocycles. The molecule has 14 heavy (non-hydrogen) atoms. The van der Waals surface area contributed by atoms with Gasteiger partial charge in [0.1, 0.15) is 0 Å². The fourth-order valence-corrected chi connectivity index (χ4v) is 0.969. The lowest BCUT2D eigenvalue weighted by atomic mass is 10.0. The van der Waals surface area contributed by atoms with Gasteiger partial charge in [0.15, 0.2) is 5.88 Å². The monoisotopic (exact) mass is 197 g/mol. The highest BCUT2D eigenvalue weighted by molar-refractivity contribution is 5.89. The van der Waals surface area contributed by atoms with Crippen molar-refractivity contribution < 1.29 is 14.3 Å². The van der Waals surface area contributed by atoms with E-state index in [0.29, 0.717) is 12.3 Å². The van der Waals surface area contributed by atoms with Gasteiger partial charge in [0.2, 0.25) is 5.91 Å². The van der Waals surface area contributed by atoms with Crippen LogP contribution in [-0.4, -0.2) is 16.6 Å². The molecular weight excluding hydrogens is 182 g/mol. The maximum atomic E-state index is 11.3. The van der Waals surface area contributed by atoms with Crippen molar-refractivity contribution in [2.75, 3.05) is 5.32 Å². The third kappa shape index (κ3) is 4.09. The zero-order valence-corrected chi connectivity index (χ0v) is 8.41. The van der Waals surface area contributed by atoms with E-state index in [-0.39, 0.29) is 12.3 Å². The molecule has 2 N–H and O–H groups in total. The van der Waals surface area contributed by atoms with Crippen molar-refractivity contribution in [2.24, 2.45) is 0 Å². The molecule has 0 bridgehead atoms. The van der Waals surface area contributed by atoms with Crippen molar-refractivity contribution in [1.29, 1.82) is 0 Å². The van der Waals surface area contributed by atoms with Gasteiger partial charge in [0, 0.05) is 12.5 Å². The molecule has 0 spiro atoms. The molecule has 0 atom stereocenters. The molecule has 0 fully saturated rings. The summed E-state index contributed by atoms with van der Waals surface area (Å²) in [6, 6.07) is 3.37. The SMILES string of the molecule is CC(C)(O)CCC(=O)Nc1ccco1. The number of hydrogen-bond acceptors (Lipinski definition) is 3. The summed E-state index contributed by atoms with van der Waals surface area (Å²) >= 11 is 0. The van der Waals surface area contributed by atoms with Gasteiger partial charge in [0.05, 0.1) is 11.9 Å². The molecule has 1 amide bonds. The van der Waals surface area contributed by atoms with E-state index in [1.165, 1.54) is 6.26 Å². The lowest BCUT2D eigenvalue weighted by Gasteiger charge is -2.15. The van der Waals surface area contributed by atoms with Crippen LogP contribution in [0.3, 0.4) is 0 Å². The molecular formula is C10H15NO3. The molecule has 0 unspecified atom stereocenters. The van der Waals surface area contributed by atoms with Gasteiger partial charge in [-0.1, -0.05) is 0 Å². The lowest BCUT2D eigenvalue weighted by molar-refractivity contribution is -0.117. The summed E-state index contributed by atoms with van der Waals surface area (Å²) in [6.07, 6.45) is 2.20. The summed E-state index contributed by atoms with van der Waals surface area (Å²) in [5.41, 5.74) is -0.805. The minimum Gasteiger partial charge on any atom is -0.449 e. The molecule has 0 radical (unpaired) electrons. The van der Waals surface area contributed by atoms with Gasteiger partial charge < -0.3 is 9.52 Å². The van der Waals surface area contributed by atoms with Crippen LogP contribution in [0.25, 0.3) is 0 Å². The van der Waals surface area contributed by atoms with Gasteiger partial charge in [-0.2, -0.15) is 0 Å². The number of furan rings is 1. The molecule has 0 aliphatic rings. The Kier molecular flexibility index (Phi) is 3.30. The first-order valence-electron chi connectivity index (χ1n) is 4.53. The van der Waals surface area contributed by atoms with Crippen LogP contribution in [0.15, 0.2) is 22.8 Å². The standard InChI is InChI=1S/C10H15NO3/c1-10(2,13)6-5-8(12)11-9-4-3-7-14-9/h3-4,7,13H,5-6H2,1-2H3,(H,11,12). The highest BCUT2D eigenvalue weighted by atomic mass is 16.3. The first-order valence-corrected chi connectivity index (χ1v) is 4.53. The number of carbonyl (C=O) groups excluding carboxylic acids is 1. The highest BCUT2D eigenvalue weighted by Gasteiger charge is 2.14. The molecule has 0 saturated carbocycles. The summed E-state index contributed by atoms with van der Waals surface area (Å²) in [5, 5.41) is 12.0. The fourth-order valence-electron chi connectivity index (χ4n) is 0.969. The van der Waals surface area contributed by atoms with Crippen molar-refractivity contribution in [2.45, 2.75) is 32.3 Å². The molecule has 0 aromatic carbocycles. The second kappa shape index (κ2) is 4.28. The Morgan fingerprint density at radius 3 is 2.86 bits per heavy atom. The molecule has 1 aromatic heterocycles. The summed E-state index contributed by atoms with van der Waals surface area (Å²) in [4.78, 5) is 11.3. The summed E-state index contributed by atoms with van der Waals surface area (Å²) in [5.74, 6) is 0.285. The molecule has 1 rings (SSSR count). The van der Waals surface area contributed by atoms with Crippen molar-refractivity contribution >= 4 is 11.8 Å². The summed E-state index contributed by atoms with van der Waals surface area (Å²) in [7, 11) is 0. The fraction of sp³-hybridized carbons (Fsp3) is 0.500. The van der Waals surface area contributed by atoms with Gasteiger partial charge in [-0.25, -0.2) is 0 Å². The zero-order valence-electron chi connectivity index (χ0n) is 8.41. The van der Waals surface area contributed by atoms with Crippen molar-refractivity contribution in [3.8, 4) is 0 Å². The normalized spacial score (nSPS) is 11.4. The molecule has 0 aliphatic carbocycles. The number of carbonyl (C=O) groups is 1. The predicted molar refractivity (Wildman–Crippen MR) is 52.9 cm³/mol. The average molecular weight is 197 g/mol. The van der Waals surface area contributed by atoms with Gasteiger partial charge in [-0.3, -0.25) is 10.1 Å². The number of anilines is 1. The number of rotatable bonds is 4. The molecule has 78 valence electrons. The zero-order chi connectivity index (χ0) is 10.6.